The molecule has 3 atom stereocenters. The van der Waals surface area contributed by atoms with E-state index >= 15 is 0 Å². The van der Waals surface area contributed by atoms with Gasteiger partial charge < -0.3 is 26.4 Å². The van der Waals surface area contributed by atoms with Crippen molar-refractivity contribution in [1.82, 2.24) is 25.5 Å². The lowest BCUT2D eigenvalue weighted by Crippen LogP contribution is -2.38. The van der Waals surface area contributed by atoms with E-state index in [-0.39, 0.29) is 29.4 Å². The number of aliphatic hydroxyl groups excluding tert-OH is 1. The predicted octanol–water partition coefficient (Wildman–Crippen LogP) is 1.94. The molecule has 1 fully saturated rings. The first-order valence-corrected chi connectivity index (χ1v) is 12.3. The summed E-state index contributed by atoms with van der Waals surface area (Å²) in [5, 5.41) is 16.5. The Bertz CT molecular complexity index is 1300. The van der Waals surface area contributed by atoms with Crippen molar-refractivity contribution in [3.8, 4) is 11.3 Å². The van der Waals surface area contributed by atoms with Crippen molar-refractivity contribution in [2.75, 3.05) is 25.4 Å². The monoisotopic (exact) mass is 486 g/mol. The molecule has 36 heavy (non-hydrogen) atoms. The van der Waals surface area contributed by atoms with Gasteiger partial charge in [0.15, 0.2) is 11.5 Å². The standard InChI is InChI=1S/C27H30N6O3/c1-2-33-11-10-19(15-33)30-27(36)24-25(28)29-14-21(31-24)17-7-5-8-18(12-17)26(35)32-23-20-9-4-3-6-16(20)13-22(23)34/h3-9,12,14,19,22-23,34H,2,10-11,13,15H2,1H3,(H2,28,29)(H,30,36)(H,32,35)/t19-,22+,23-/m0/s1. The van der Waals surface area contributed by atoms with Crippen LogP contribution in [0.2, 0.25) is 0 Å². The summed E-state index contributed by atoms with van der Waals surface area (Å²) in [7, 11) is 0. The number of carbonyl (C=O) groups excluding carboxylic acids is 2. The number of nitrogens with one attached hydrogen (secondary N) is 2. The summed E-state index contributed by atoms with van der Waals surface area (Å²) < 4.78 is 0. The number of hydrogen-bond donors (Lipinski definition) is 4. The fourth-order valence-corrected chi connectivity index (χ4v) is 4.99. The molecule has 1 aromatic heterocycles. The van der Waals surface area contributed by atoms with E-state index in [0.717, 1.165) is 37.2 Å². The van der Waals surface area contributed by atoms with Gasteiger partial charge in [-0.05, 0) is 36.2 Å². The minimum absolute atomic E-state index is 0.0467. The van der Waals surface area contributed by atoms with Crippen molar-refractivity contribution in [2.45, 2.75) is 38.0 Å². The van der Waals surface area contributed by atoms with E-state index in [1.165, 1.54) is 6.20 Å². The summed E-state index contributed by atoms with van der Waals surface area (Å²) in [6.45, 7) is 4.79. The SMILES string of the molecule is CCN1CC[C@H](NC(=O)c2nc(-c3cccc(C(=O)N[C@H]4c5ccccc5C[C@H]4O)c3)cnc2N)C1. The fourth-order valence-electron chi connectivity index (χ4n) is 4.99. The highest BCUT2D eigenvalue weighted by Gasteiger charge is 2.32. The molecule has 0 saturated carbocycles. The van der Waals surface area contributed by atoms with Gasteiger partial charge in [-0.2, -0.15) is 0 Å². The Hall–Kier alpha value is -3.82. The van der Waals surface area contributed by atoms with Gasteiger partial charge in [-0.15, -0.1) is 0 Å². The summed E-state index contributed by atoms with van der Waals surface area (Å²) >= 11 is 0. The van der Waals surface area contributed by atoms with Crippen LogP contribution in [-0.2, 0) is 6.42 Å². The summed E-state index contributed by atoms with van der Waals surface area (Å²) in [6.07, 6.45) is 2.20. The molecule has 1 aliphatic carbocycles. The normalized spacial score (nSPS) is 21.2. The number of aliphatic hydroxyl groups is 1. The molecule has 186 valence electrons. The van der Waals surface area contributed by atoms with Crippen LogP contribution >= 0.6 is 0 Å². The van der Waals surface area contributed by atoms with Crippen LogP contribution in [0.3, 0.4) is 0 Å². The number of anilines is 1. The van der Waals surface area contributed by atoms with Gasteiger partial charge in [-0.25, -0.2) is 9.97 Å². The smallest absolute Gasteiger partial charge is 0.274 e. The largest absolute Gasteiger partial charge is 0.390 e. The van der Waals surface area contributed by atoms with Gasteiger partial charge in [0.25, 0.3) is 11.8 Å². The molecule has 5 N–H and O–H groups in total. The molecule has 0 unspecified atom stereocenters. The van der Waals surface area contributed by atoms with E-state index in [2.05, 4.69) is 32.4 Å². The van der Waals surface area contributed by atoms with Crippen LogP contribution in [0.1, 0.15) is 51.4 Å². The first kappa shape index (κ1) is 23.9. The molecular formula is C27H30N6O3. The quantitative estimate of drug-likeness (QED) is 0.418. The van der Waals surface area contributed by atoms with E-state index in [9.17, 15) is 14.7 Å². The van der Waals surface area contributed by atoms with Crippen molar-refractivity contribution in [1.29, 1.82) is 0 Å². The van der Waals surface area contributed by atoms with E-state index in [1.807, 2.05) is 24.3 Å². The summed E-state index contributed by atoms with van der Waals surface area (Å²) in [6, 6.07) is 14.2. The number of amides is 2. The Labute approximate surface area is 209 Å². The second kappa shape index (κ2) is 10.0. The highest BCUT2D eigenvalue weighted by atomic mass is 16.3. The molecule has 2 amide bonds. The number of nitrogen functional groups attached to an aromatic ring is 1. The van der Waals surface area contributed by atoms with Crippen LogP contribution in [0.25, 0.3) is 11.3 Å². The van der Waals surface area contributed by atoms with Crippen molar-refractivity contribution < 1.29 is 14.7 Å². The number of carbonyl (C=O) groups is 2. The Morgan fingerprint density at radius 3 is 2.78 bits per heavy atom. The molecule has 5 rings (SSSR count). The Morgan fingerprint density at radius 1 is 1.14 bits per heavy atom. The average Bonchev–Trinajstić information content (AvgIpc) is 3.47. The third-order valence-corrected chi connectivity index (χ3v) is 6.98. The molecule has 9 nitrogen and oxygen atoms in total. The van der Waals surface area contributed by atoms with Crippen molar-refractivity contribution >= 4 is 17.6 Å². The summed E-state index contributed by atoms with van der Waals surface area (Å²) in [5.41, 5.74) is 9.51. The van der Waals surface area contributed by atoms with Crippen LogP contribution < -0.4 is 16.4 Å². The highest BCUT2D eigenvalue weighted by molar-refractivity contribution is 5.98. The summed E-state index contributed by atoms with van der Waals surface area (Å²) in [4.78, 5) is 36.9. The lowest BCUT2D eigenvalue weighted by molar-refractivity contribution is 0.0857. The van der Waals surface area contributed by atoms with Crippen molar-refractivity contribution in [3.05, 3.63) is 77.1 Å². The predicted molar refractivity (Wildman–Crippen MR) is 136 cm³/mol. The van der Waals surface area contributed by atoms with Gasteiger partial charge >= 0.3 is 0 Å². The van der Waals surface area contributed by atoms with Gasteiger partial charge in [-0.3, -0.25) is 9.59 Å². The van der Waals surface area contributed by atoms with Crippen LogP contribution in [0.4, 0.5) is 5.82 Å². The average molecular weight is 487 g/mol. The molecule has 0 spiro atoms. The van der Waals surface area contributed by atoms with Crippen LogP contribution in [0.15, 0.2) is 54.7 Å². The maximum atomic E-state index is 13.1. The first-order chi connectivity index (χ1) is 17.4. The molecule has 0 radical (unpaired) electrons. The lowest BCUT2D eigenvalue weighted by Gasteiger charge is -2.18. The zero-order chi connectivity index (χ0) is 25.2. The molecular weight excluding hydrogens is 456 g/mol. The molecule has 1 saturated heterocycles. The maximum Gasteiger partial charge on any atom is 0.274 e. The molecule has 2 aromatic carbocycles. The number of likely N-dealkylation sites (tertiary alicyclic amines) is 1. The van der Waals surface area contributed by atoms with E-state index in [1.54, 1.807) is 24.3 Å². The number of likely N-dealkylation sites (N-methyl/N-ethyl adjacent to an activating group) is 1. The molecule has 2 heterocycles. The number of nitrogens with zero attached hydrogens (tertiary/aromatic N) is 3. The van der Waals surface area contributed by atoms with Crippen molar-refractivity contribution in [3.63, 3.8) is 0 Å². The number of rotatable bonds is 6. The molecule has 1 aliphatic heterocycles. The Balaban J connectivity index is 1.33. The van der Waals surface area contributed by atoms with Crippen LogP contribution in [0.5, 0.6) is 0 Å². The maximum absolute atomic E-state index is 13.1. The lowest BCUT2D eigenvalue weighted by atomic mass is 10.1. The first-order valence-electron chi connectivity index (χ1n) is 12.3. The van der Waals surface area contributed by atoms with Gasteiger partial charge in [0.05, 0.1) is 24.0 Å². The number of benzene rings is 2. The second-order valence-corrected chi connectivity index (χ2v) is 9.34. The minimum Gasteiger partial charge on any atom is -0.390 e. The second-order valence-electron chi connectivity index (χ2n) is 9.34. The number of hydrogen-bond acceptors (Lipinski definition) is 7. The number of aromatic nitrogens is 2. The van der Waals surface area contributed by atoms with E-state index < -0.39 is 12.1 Å². The third-order valence-electron chi connectivity index (χ3n) is 6.98. The number of nitrogens with two attached hydrogens (primary N) is 1. The van der Waals surface area contributed by atoms with Crippen LogP contribution in [-0.4, -0.2) is 63.6 Å². The Kier molecular flexibility index (Phi) is 6.67. The molecule has 3 aromatic rings. The zero-order valence-corrected chi connectivity index (χ0v) is 20.1. The molecule has 0 bridgehead atoms. The van der Waals surface area contributed by atoms with Crippen molar-refractivity contribution in [2.24, 2.45) is 0 Å². The molecule has 9 heteroatoms. The number of fused-ring (bicyclic) bond motifs is 1. The van der Waals surface area contributed by atoms with Gasteiger partial charge in [-0.1, -0.05) is 43.3 Å². The summed E-state index contributed by atoms with van der Waals surface area (Å²) in [5.74, 6) is -0.599. The fraction of sp³-hybridized carbons (Fsp3) is 0.333. The topological polar surface area (TPSA) is 133 Å². The zero-order valence-electron chi connectivity index (χ0n) is 20.1. The van der Waals surface area contributed by atoms with Crippen LogP contribution in [0, 0.1) is 0 Å². The Morgan fingerprint density at radius 2 is 1.97 bits per heavy atom. The van der Waals surface area contributed by atoms with Gasteiger partial charge in [0, 0.05) is 36.7 Å². The minimum atomic E-state index is -0.678. The van der Waals surface area contributed by atoms with Gasteiger partial charge in [0.1, 0.15) is 0 Å². The van der Waals surface area contributed by atoms with E-state index in [0.29, 0.717) is 23.2 Å². The van der Waals surface area contributed by atoms with E-state index in [4.69, 9.17) is 5.73 Å². The highest BCUT2D eigenvalue weighted by Crippen LogP contribution is 2.31. The molecule has 2 aliphatic rings. The third kappa shape index (κ3) is 4.80. The van der Waals surface area contributed by atoms with Gasteiger partial charge in [0.2, 0.25) is 0 Å².